The smallest absolute Gasteiger partial charge is 0.315 e. The van der Waals surface area contributed by atoms with Gasteiger partial charge in [0, 0.05) is 18.3 Å². The van der Waals surface area contributed by atoms with Gasteiger partial charge < -0.3 is 14.2 Å². The van der Waals surface area contributed by atoms with Crippen LogP contribution in [-0.4, -0.2) is 37.7 Å². The van der Waals surface area contributed by atoms with E-state index in [0.29, 0.717) is 12.8 Å². The molecule has 6 heteroatoms. The van der Waals surface area contributed by atoms with Crippen LogP contribution in [0.15, 0.2) is 0 Å². The maximum Gasteiger partial charge on any atom is 0.315 e. The maximum atomic E-state index is 12.8. The van der Waals surface area contributed by atoms with Gasteiger partial charge in [-0.25, -0.2) is 0 Å². The summed E-state index contributed by atoms with van der Waals surface area (Å²) in [5, 5.41) is 0. The van der Waals surface area contributed by atoms with Crippen molar-refractivity contribution >= 4 is 17.9 Å². The summed E-state index contributed by atoms with van der Waals surface area (Å²) in [5.74, 6) is 0.818. The van der Waals surface area contributed by atoms with Crippen molar-refractivity contribution < 1.29 is 28.6 Å². The molecule has 6 nitrogen and oxygen atoms in total. The molecular weight excluding hydrogens is 648 g/mol. The Labute approximate surface area is 323 Å². The Morgan fingerprint density at radius 1 is 0.385 bits per heavy atom. The minimum absolute atomic E-state index is 0.00349. The summed E-state index contributed by atoms with van der Waals surface area (Å²) in [7, 11) is 0. The summed E-state index contributed by atoms with van der Waals surface area (Å²) >= 11 is 0. The van der Waals surface area contributed by atoms with Crippen LogP contribution in [0, 0.1) is 22.7 Å². The Morgan fingerprint density at radius 2 is 0.654 bits per heavy atom. The third-order valence-corrected chi connectivity index (χ3v) is 10.2. The molecule has 0 saturated carbocycles. The lowest BCUT2D eigenvalue weighted by Gasteiger charge is -2.27. The molecule has 0 aromatic rings. The van der Waals surface area contributed by atoms with Crippen LogP contribution in [0.1, 0.15) is 235 Å². The molecule has 0 aliphatic carbocycles. The zero-order valence-corrected chi connectivity index (χ0v) is 36.0. The van der Waals surface area contributed by atoms with Gasteiger partial charge in [0.2, 0.25) is 0 Å². The van der Waals surface area contributed by atoms with Crippen molar-refractivity contribution in [2.75, 3.05) is 19.8 Å². The van der Waals surface area contributed by atoms with E-state index in [9.17, 15) is 14.4 Å². The molecule has 0 radical (unpaired) electrons. The van der Waals surface area contributed by atoms with E-state index in [-0.39, 0.29) is 31.8 Å². The molecule has 308 valence electrons. The van der Waals surface area contributed by atoms with Gasteiger partial charge in [0.1, 0.15) is 6.61 Å². The quantitative estimate of drug-likeness (QED) is 0.0359. The Kier molecular flexibility index (Phi) is 31.8. The molecule has 0 rings (SSSR count). The van der Waals surface area contributed by atoms with E-state index in [1.54, 1.807) is 13.8 Å². The molecule has 52 heavy (non-hydrogen) atoms. The van der Waals surface area contributed by atoms with Crippen molar-refractivity contribution in [3.8, 4) is 0 Å². The number of unbranched alkanes of at least 4 members (excludes halogenated alkanes) is 22. The number of hydrogen-bond acceptors (Lipinski definition) is 6. The number of rotatable bonds is 37. The summed E-state index contributed by atoms with van der Waals surface area (Å²) in [4.78, 5) is 37.4. The molecular formula is C46H88O6. The van der Waals surface area contributed by atoms with Crippen LogP contribution in [0.2, 0.25) is 0 Å². The van der Waals surface area contributed by atoms with E-state index >= 15 is 0 Å². The standard InChI is InChI=1S/C46H88O6/c1-40(2)33-29-25-21-17-13-9-11-15-19-23-27-31-35-42(47)50-37-45(5,6)38-52-44(49)46(7,8)39-51-43(48)36-32-28-24-20-16-12-10-14-18-22-26-30-34-41(3)4/h40-41H,9-39H2,1-8H3. The first-order valence-electron chi connectivity index (χ1n) is 22.2. The van der Waals surface area contributed by atoms with Gasteiger partial charge in [-0.2, -0.15) is 0 Å². The van der Waals surface area contributed by atoms with Crippen LogP contribution < -0.4 is 0 Å². The minimum atomic E-state index is -0.941. The lowest BCUT2D eigenvalue weighted by molar-refractivity contribution is -0.165. The predicted octanol–water partition coefficient (Wildman–Crippen LogP) is 13.9. The summed E-state index contributed by atoms with van der Waals surface area (Å²) in [5.41, 5.74) is -1.44. The fourth-order valence-corrected chi connectivity index (χ4v) is 6.42. The SMILES string of the molecule is CC(C)CCCCCCCCCCCCCCC(=O)OCC(C)(C)COC(=O)C(C)(C)COC(=O)CCCCCCCCCCCCCCC(C)C. The number of carbonyl (C=O) groups excluding carboxylic acids is 3. The summed E-state index contributed by atoms with van der Waals surface area (Å²) in [6.45, 7) is 16.9. The third kappa shape index (κ3) is 34.2. The number of ether oxygens (including phenoxy) is 3. The average molecular weight is 737 g/mol. The van der Waals surface area contributed by atoms with Crippen LogP contribution in [-0.2, 0) is 28.6 Å². The van der Waals surface area contributed by atoms with Gasteiger partial charge in [0.15, 0.2) is 0 Å². The number of carbonyl (C=O) groups is 3. The molecule has 0 unspecified atom stereocenters. The van der Waals surface area contributed by atoms with E-state index in [4.69, 9.17) is 14.2 Å². The van der Waals surface area contributed by atoms with Crippen LogP contribution in [0.3, 0.4) is 0 Å². The molecule has 0 aliphatic heterocycles. The fourth-order valence-electron chi connectivity index (χ4n) is 6.42. The van der Waals surface area contributed by atoms with E-state index < -0.39 is 16.8 Å². The number of esters is 3. The molecule has 0 aromatic heterocycles. The molecule has 0 atom stereocenters. The van der Waals surface area contributed by atoms with Crippen LogP contribution in [0.4, 0.5) is 0 Å². The molecule has 0 saturated heterocycles. The van der Waals surface area contributed by atoms with Gasteiger partial charge in [-0.3, -0.25) is 14.4 Å². The highest BCUT2D eigenvalue weighted by Gasteiger charge is 2.33. The van der Waals surface area contributed by atoms with E-state index in [1.165, 1.54) is 135 Å². The van der Waals surface area contributed by atoms with Gasteiger partial charge in [-0.1, -0.05) is 196 Å². The largest absolute Gasteiger partial charge is 0.465 e. The van der Waals surface area contributed by atoms with E-state index in [1.807, 2.05) is 13.8 Å². The second-order valence-electron chi connectivity index (χ2n) is 18.3. The molecule has 0 aromatic carbocycles. The van der Waals surface area contributed by atoms with Crippen molar-refractivity contribution in [1.29, 1.82) is 0 Å². The Bertz CT molecular complexity index is 861. The van der Waals surface area contributed by atoms with Crippen LogP contribution in [0.25, 0.3) is 0 Å². The Morgan fingerprint density at radius 3 is 0.981 bits per heavy atom. The summed E-state index contributed by atoms with van der Waals surface area (Å²) in [6.07, 6.45) is 33.9. The molecule has 0 fully saturated rings. The first kappa shape index (κ1) is 50.4. The van der Waals surface area contributed by atoms with Gasteiger partial charge in [0.25, 0.3) is 0 Å². The van der Waals surface area contributed by atoms with Gasteiger partial charge in [0.05, 0.1) is 18.6 Å². The van der Waals surface area contributed by atoms with Crippen molar-refractivity contribution in [3.63, 3.8) is 0 Å². The molecule has 0 amide bonds. The van der Waals surface area contributed by atoms with E-state index in [2.05, 4.69) is 27.7 Å². The molecule has 0 aliphatic rings. The maximum absolute atomic E-state index is 12.8. The van der Waals surface area contributed by atoms with Gasteiger partial charge in [-0.15, -0.1) is 0 Å². The predicted molar refractivity (Wildman–Crippen MR) is 219 cm³/mol. The topological polar surface area (TPSA) is 78.9 Å². The third-order valence-electron chi connectivity index (χ3n) is 10.2. The minimum Gasteiger partial charge on any atom is -0.465 e. The van der Waals surface area contributed by atoms with Crippen molar-refractivity contribution in [2.24, 2.45) is 22.7 Å². The molecule has 0 heterocycles. The highest BCUT2D eigenvalue weighted by atomic mass is 16.6. The second kappa shape index (κ2) is 32.8. The first-order chi connectivity index (χ1) is 24.7. The lowest BCUT2D eigenvalue weighted by atomic mass is 9.93. The van der Waals surface area contributed by atoms with Gasteiger partial charge >= 0.3 is 17.9 Å². The normalized spacial score (nSPS) is 12.1. The van der Waals surface area contributed by atoms with E-state index in [0.717, 1.165) is 43.9 Å². The number of hydrogen-bond donors (Lipinski definition) is 0. The zero-order chi connectivity index (χ0) is 38.9. The highest BCUT2D eigenvalue weighted by molar-refractivity contribution is 5.77. The zero-order valence-electron chi connectivity index (χ0n) is 36.0. The first-order valence-corrected chi connectivity index (χ1v) is 22.2. The van der Waals surface area contributed by atoms with Crippen molar-refractivity contribution in [1.82, 2.24) is 0 Å². The molecule has 0 bridgehead atoms. The van der Waals surface area contributed by atoms with Gasteiger partial charge in [-0.05, 0) is 38.5 Å². The monoisotopic (exact) mass is 737 g/mol. The average Bonchev–Trinajstić information content (AvgIpc) is 3.08. The van der Waals surface area contributed by atoms with Crippen molar-refractivity contribution in [2.45, 2.75) is 235 Å². The van der Waals surface area contributed by atoms with Crippen LogP contribution in [0.5, 0.6) is 0 Å². The second-order valence-corrected chi connectivity index (χ2v) is 18.3. The fraction of sp³-hybridized carbons (Fsp3) is 0.935. The highest BCUT2D eigenvalue weighted by Crippen LogP contribution is 2.23. The van der Waals surface area contributed by atoms with Crippen molar-refractivity contribution in [3.05, 3.63) is 0 Å². The Hall–Kier alpha value is -1.59. The molecule has 0 spiro atoms. The van der Waals surface area contributed by atoms with Crippen LogP contribution >= 0.6 is 0 Å². The Balaban J connectivity index is 3.81. The lowest BCUT2D eigenvalue weighted by Crippen LogP contribution is -2.36. The summed E-state index contributed by atoms with van der Waals surface area (Å²) in [6, 6.07) is 0. The summed E-state index contributed by atoms with van der Waals surface area (Å²) < 4.78 is 16.6. The molecule has 0 N–H and O–H groups in total.